The molecule has 0 fully saturated rings. The van der Waals surface area contributed by atoms with Crippen LogP contribution in [-0.2, 0) is 14.3 Å². The lowest BCUT2D eigenvalue weighted by Crippen LogP contribution is -2.07. The summed E-state index contributed by atoms with van der Waals surface area (Å²) < 4.78 is 10.1. The Morgan fingerprint density at radius 2 is 1.88 bits per heavy atom. The highest BCUT2D eigenvalue weighted by atomic mass is 16.6. The molecule has 0 aliphatic rings. The third-order valence-corrected chi connectivity index (χ3v) is 1.87. The van der Waals surface area contributed by atoms with Crippen molar-refractivity contribution in [1.29, 1.82) is 0 Å². The molecule has 0 aromatic rings. The van der Waals surface area contributed by atoms with Gasteiger partial charge in [-0.25, -0.2) is 4.79 Å². The van der Waals surface area contributed by atoms with E-state index in [0.717, 1.165) is 31.1 Å². The highest BCUT2D eigenvalue weighted by Gasteiger charge is 1.95. The summed E-state index contributed by atoms with van der Waals surface area (Å²) in [5.41, 5.74) is 0. The minimum atomic E-state index is -0.420. The number of carbonyl (C=O) groups is 1. The monoisotopic (exact) mass is 224 g/mol. The molecule has 16 heavy (non-hydrogen) atoms. The molecule has 0 saturated heterocycles. The second kappa shape index (κ2) is 10.0. The van der Waals surface area contributed by atoms with E-state index in [1.165, 1.54) is 0 Å². The van der Waals surface area contributed by atoms with Gasteiger partial charge in [0.2, 0.25) is 0 Å². The Balaban J connectivity index is 3.48. The minimum absolute atomic E-state index is 0.253. The lowest BCUT2D eigenvalue weighted by Gasteiger charge is -2.06. The van der Waals surface area contributed by atoms with E-state index in [1.807, 2.05) is 19.1 Å². The maximum Gasteiger partial charge on any atom is 0.330 e. The van der Waals surface area contributed by atoms with Crippen LogP contribution in [0.2, 0.25) is 0 Å². The van der Waals surface area contributed by atoms with Crippen LogP contribution in [-0.4, -0.2) is 19.2 Å². The van der Waals surface area contributed by atoms with Crippen LogP contribution in [0.4, 0.5) is 0 Å². The Labute approximate surface area is 97.4 Å². The van der Waals surface area contributed by atoms with Crippen molar-refractivity contribution in [3.63, 3.8) is 0 Å². The molecule has 0 heterocycles. The fourth-order valence-electron chi connectivity index (χ4n) is 1.03. The SMILES string of the molecule is C=CCCC/C=C(/C)OCCOC(=O)C=C. The maximum atomic E-state index is 10.7. The van der Waals surface area contributed by atoms with Gasteiger partial charge in [0.25, 0.3) is 0 Å². The number of esters is 1. The summed E-state index contributed by atoms with van der Waals surface area (Å²) in [6.45, 7) is 9.47. The zero-order valence-corrected chi connectivity index (χ0v) is 9.91. The quantitative estimate of drug-likeness (QED) is 0.198. The van der Waals surface area contributed by atoms with Crippen LogP contribution in [0.5, 0.6) is 0 Å². The van der Waals surface area contributed by atoms with Crippen LogP contribution in [0.15, 0.2) is 37.1 Å². The Hall–Kier alpha value is -1.51. The Kier molecular flexibility index (Phi) is 9.08. The fraction of sp³-hybridized carbons (Fsp3) is 0.462. The van der Waals surface area contributed by atoms with Gasteiger partial charge in [-0.3, -0.25) is 0 Å². The lowest BCUT2D eigenvalue weighted by atomic mass is 10.2. The van der Waals surface area contributed by atoms with Crippen molar-refractivity contribution in [2.24, 2.45) is 0 Å². The summed E-state index contributed by atoms with van der Waals surface area (Å²) in [4.78, 5) is 10.7. The van der Waals surface area contributed by atoms with Gasteiger partial charge < -0.3 is 9.47 Å². The molecule has 0 aromatic heterocycles. The van der Waals surface area contributed by atoms with Crippen LogP contribution in [0.1, 0.15) is 26.2 Å². The van der Waals surface area contributed by atoms with E-state index in [9.17, 15) is 4.79 Å². The van der Waals surface area contributed by atoms with E-state index in [0.29, 0.717) is 6.61 Å². The van der Waals surface area contributed by atoms with Crippen molar-refractivity contribution in [2.75, 3.05) is 13.2 Å². The molecule has 0 N–H and O–H groups in total. The first-order valence-electron chi connectivity index (χ1n) is 5.40. The number of carbonyl (C=O) groups excluding carboxylic acids is 1. The van der Waals surface area contributed by atoms with Gasteiger partial charge in [0.1, 0.15) is 13.2 Å². The molecule has 0 rings (SSSR count). The minimum Gasteiger partial charge on any atom is -0.495 e. The van der Waals surface area contributed by atoms with Crippen LogP contribution < -0.4 is 0 Å². The molecular weight excluding hydrogens is 204 g/mol. The van der Waals surface area contributed by atoms with Crippen LogP contribution >= 0.6 is 0 Å². The van der Waals surface area contributed by atoms with Gasteiger partial charge in [-0.1, -0.05) is 12.7 Å². The number of hydrogen-bond acceptors (Lipinski definition) is 3. The van der Waals surface area contributed by atoms with Crippen molar-refractivity contribution in [2.45, 2.75) is 26.2 Å². The van der Waals surface area contributed by atoms with Gasteiger partial charge in [0, 0.05) is 6.08 Å². The molecule has 0 aliphatic heterocycles. The highest BCUT2D eigenvalue weighted by Crippen LogP contribution is 2.02. The van der Waals surface area contributed by atoms with Gasteiger partial charge in [-0.15, -0.1) is 6.58 Å². The maximum absolute atomic E-state index is 10.7. The molecule has 0 radical (unpaired) electrons. The zero-order valence-electron chi connectivity index (χ0n) is 9.91. The van der Waals surface area contributed by atoms with E-state index in [2.05, 4.69) is 13.2 Å². The Morgan fingerprint density at radius 3 is 2.50 bits per heavy atom. The molecule has 0 amide bonds. The van der Waals surface area contributed by atoms with Crippen molar-refractivity contribution < 1.29 is 14.3 Å². The Morgan fingerprint density at radius 1 is 1.19 bits per heavy atom. The summed E-state index contributed by atoms with van der Waals surface area (Å²) in [6, 6.07) is 0. The van der Waals surface area contributed by atoms with Gasteiger partial charge in [-0.05, 0) is 32.3 Å². The number of ether oxygens (including phenoxy) is 2. The molecule has 3 heteroatoms. The molecule has 0 atom stereocenters. The number of allylic oxidation sites excluding steroid dienone is 3. The third kappa shape index (κ3) is 9.06. The van der Waals surface area contributed by atoms with Gasteiger partial charge in [0.05, 0.1) is 5.76 Å². The molecule has 0 aliphatic carbocycles. The first-order valence-corrected chi connectivity index (χ1v) is 5.40. The second-order valence-electron chi connectivity index (χ2n) is 3.25. The average molecular weight is 224 g/mol. The van der Waals surface area contributed by atoms with Crippen molar-refractivity contribution in [3.05, 3.63) is 37.1 Å². The molecule has 0 bridgehead atoms. The van der Waals surface area contributed by atoms with Crippen molar-refractivity contribution in [3.8, 4) is 0 Å². The summed E-state index contributed by atoms with van der Waals surface area (Å²) in [5.74, 6) is 0.440. The van der Waals surface area contributed by atoms with Crippen LogP contribution in [0.3, 0.4) is 0 Å². The zero-order chi connectivity index (χ0) is 12.2. The van der Waals surface area contributed by atoms with E-state index < -0.39 is 5.97 Å². The molecule has 3 nitrogen and oxygen atoms in total. The fourth-order valence-corrected chi connectivity index (χ4v) is 1.03. The predicted molar refractivity (Wildman–Crippen MR) is 64.9 cm³/mol. The van der Waals surface area contributed by atoms with E-state index in [-0.39, 0.29) is 6.61 Å². The molecule has 0 saturated carbocycles. The standard InChI is InChI=1S/C13H20O3/c1-4-6-7-8-9-12(3)15-10-11-16-13(14)5-2/h4-5,9H,1-2,6-8,10-11H2,3H3/b12-9-. The first-order chi connectivity index (χ1) is 7.70. The van der Waals surface area contributed by atoms with Gasteiger partial charge in [0.15, 0.2) is 0 Å². The Bertz CT molecular complexity index is 254. The summed E-state index contributed by atoms with van der Waals surface area (Å²) in [6.07, 6.45) is 8.14. The largest absolute Gasteiger partial charge is 0.495 e. The molecule has 0 unspecified atom stereocenters. The highest BCUT2D eigenvalue weighted by molar-refractivity contribution is 5.81. The van der Waals surface area contributed by atoms with Crippen LogP contribution in [0, 0.1) is 0 Å². The third-order valence-electron chi connectivity index (χ3n) is 1.87. The second-order valence-corrected chi connectivity index (χ2v) is 3.25. The average Bonchev–Trinajstić information content (AvgIpc) is 2.30. The molecule has 90 valence electrons. The normalized spacial score (nSPS) is 10.7. The van der Waals surface area contributed by atoms with E-state index in [1.54, 1.807) is 0 Å². The smallest absolute Gasteiger partial charge is 0.330 e. The van der Waals surface area contributed by atoms with E-state index >= 15 is 0 Å². The number of hydrogen-bond donors (Lipinski definition) is 0. The lowest BCUT2D eigenvalue weighted by molar-refractivity contribution is -0.138. The molecule has 0 aromatic carbocycles. The number of unbranched alkanes of at least 4 members (excludes halogenated alkanes) is 2. The molecule has 0 spiro atoms. The van der Waals surface area contributed by atoms with Gasteiger partial charge in [-0.2, -0.15) is 0 Å². The van der Waals surface area contributed by atoms with Gasteiger partial charge >= 0.3 is 5.97 Å². The van der Waals surface area contributed by atoms with Crippen molar-refractivity contribution >= 4 is 5.97 Å². The van der Waals surface area contributed by atoms with Crippen LogP contribution in [0.25, 0.3) is 0 Å². The number of rotatable bonds is 9. The summed E-state index contributed by atoms with van der Waals surface area (Å²) >= 11 is 0. The molecular formula is C13H20O3. The van der Waals surface area contributed by atoms with E-state index in [4.69, 9.17) is 9.47 Å². The topological polar surface area (TPSA) is 35.5 Å². The van der Waals surface area contributed by atoms with Crippen molar-refractivity contribution in [1.82, 2.24) is 0 Å². The first kappa shape index (κ1) is 14.5. The summed E-state index contributed by atoms with van der Waals surface area (Å²) in [7, 11) is 0. The predicted octanol–water partition coefficient (Wildman–Crippen LogP) is 2.99. The summed E-state index contributed by atoms with van der Waals surface area (Å²) in [5, 5.41) is 0.